The fourth-order valence-corrected chi connectivity index (χ4v) is 3.96. The highest BCUT2D eigenvalue weighted by Gasteiger charge is 2.28. The average molecular weight is 437 g/mol. The first kappa shape index (κ1) is 21.1. The summed E-state index contributed by atoms with van der Waals surface area (Å²) in [4.78, 5) is 23.8. The van der Waals surface area contributed by atoms with E-state index in [1.54, 1.807) is 18.5 Å². The molecule has 0 bridgehead atoms. The molecule has 0 radical (unpaired) electrons. The molecule has 0 spiro atoms. The Morgan fingerprint density at radius 1 is 1.06 bits per heavy atom. The number of anilines is 2. The zero-order valence-electron chi connectivity index (χ0n) is 17.6. The number of nitrogens with one attached hydrogen (secondary N) is 1. The van der Waals surface area contributed by atoms with Gasteiger partial charge in [0.05, 0.1) is 0 Å². The molecule has 1 amide bonds. The summed E-state index contributed by atoms with van der Waals surface area (Å²) in [6.45, 7) is 5.35. The van der Waals surface area contributed by atoms with E-state index in [1.807, 2.05) is 50.2 Å². The molecule has 0 unspecified atom stereocenters. The van der Waals surface area contributed by atoms with Crippen LogP contribution in [0.4, 0.5) is 11.5 Å². The van der Waals surface area contributed by atoms with Crippen LogP contribution in [0.3, 0.4) is 0 Å². The summed E-state index contributed by atoms with van der Waals surface area (Å²) in [5.74, 6) is 1.94. The number of aromatic nitrogens is 2. The van der Waals surface area contributed by atoms with E-state index < -0.39 is 0 Å². The van der Waals surface area contributed by atoms with Gasteiger partial charge < -0.3 is 15.0 Å². The number of benzene rings is 2. The molecule has 6 nitrogen and oxygen atoms in total. The summed E-state index contributed by atoms with van der Waals surface area (Å²) in [5.41, 5.74) is 2.79. The number of aryl methyl sites for hydroxylation is 2. The third kappa shape index (κ3) is 4.97. The van der Waals surface area contributed by atoms with E-state index in [1.165, 1.54) is 0 Å². The molecular weight excluding hydrogens is 412 g/mol. The van der Waals surface area contributed by atoms with Gasteiger partial charge in [-0.05, 0) is 62.1 Å². The molecule has 2 heterocycles. The van der Waals surface area contributed by atoms with Crippen LogP contribution in [-0.2, 0) is 4.79 Å². The first-order chi connectivity index (χ1) is 15.0. The van der Waals surface area contributed by atoms with E-state index in [0.717, 1.165) is 35.4 Å². The van der Waals surface area contributed by atoms with Crippen LogP contribution in [-0.4, -0.2) is 29.0 Å². The first-order valence-electron chi connectivity index (χ1n) is 10.4. The van der Waals surface area contributed by atoms with Crippen molar-refractivity contribution in [3.63, 3.8) is 0 Å². The van der Waals surface area contributed by atoms with Gasteiger partial charge in [0, 0.05) is 42.1 Å². The van der Waals surface area contributed by atoms with Crippen molar-refractivity contribution in [1.82, 2.24) is 9.97 Å². The zero-order chi connectivity index (χ0) is 21.8. The number of amides is 1. The van der Waals surface area contributed by atoms with E-state index in [-0.39, 0.29) is 11.8 Å². The van der Waals surface area contributed by atoms with E-state index in [4.69, 9.17) is 16.3 Å². The second kappa shape index (κ2) is 9.35. The van der Waals surface area contributed by atoms with Crippen LogP contribution < -0.4 is 15.0 Å². The smallest absolute Gasteiger partial charge is 0.263 e. The van der Waals surface area contributed by atoms with Crippen molar-refractivity contribution >= 4 is 29.0 Å². The minimum absolute atomic E-state index is 0.0422. The summed E-state index contributed by atoms with van der Waals surface area (Å²) >= 11 is 6.01. The molecule has 0 aliphatic carbocycles. The van der Waals surface area contributed by atoms with Gasteiger partial charge in [-0.2, -0.15) is 0 Å². The highest BCUT2D eigenvalue weighted by Crippen LogP contribution is 2.32. The van der Waals surface area contributed by atoms with Crippen LogP contribution >= 0.6 is 11.6 Å². The van der Waals surface area contributed by atoms with Crippen LogP contribution in [0.5, 0.6) is 11.6 Å². The number of rotatable bonds is 5. The quantitative estimate of drug-likeness (QED) is 0.580. The Morgan fingerprint density at radius 2 is 1.81 bits per heavy atom. The largest absolute Gasteiger partial charge is 0.436 e. The number of hydrogen-bond donors (Lipinski definition) is 1. The molecule has 31 heavy (non-hydrogen) atoms. The predicted molar refractivity (Wildman–Crippen MR) is 123 cm³/mol. The third-order valence-electron chi connectivity index (χ3n) is 5.56. The molecule has 1 saturated heterocycles. The van der Waals surface area contributed by atoms with Gasteiger partial charge in [0.1, 0.15) is 5.75 Å². The van der Waals surface area contributed by atoms with Gasteiger partial charge >= 0.3 is 0 Å². The van der Waals surface area contributed by atoms with Gasteiger partial charge in [-0.3, -0.25) is 4.79 Å². The maximum absolute atomic E-state index is 12.8. The molecule has 0 atom stereocenters. The van der Waals surface area contributed by atoms with Crippen LogP contribution in [0.25, 0.3) is 0 Å². The molecule has 160 valence electrons. The minimum Gasteiger partial charge on any atom is -0.436 e. The van der Waals surface area contributed by atoms with Gasteiger partial charge in [0.15, 0.2) is 5.82 Å². The molecule has 7 heteroatoms. The zero-order valence-corrected chi connectivity index (χ0v) is 18.4. The lowest BCUT2D eigenvalue weighted by Gasteiger charge is -2.32. The Labute approximate surface area is 187 Å². The number of hydrogen-bond acceptors (Lipinski definition) is 5. The SMILES string of the molecule is Cc1cc(Cl)ccc1NC(=O)C1CCN(c2nccnc2Oc2ccccc2C)CC1. The first-order valence-corrected chi connectivity index (χ1v) is 10.8. The number of para-hydroxylation sites is 1. The van der Waals surface area contributed by atoms with E-state index in [2.05, 4.69) is 20.2 Å². The second-order valence-electron chi connectivity index (χ2n) is 7.76. The summed E-state index contributed by atoms with van der Waals surface area (Å²) in [7, 11) is 0. The average Bonchev–Trinajstić information content (AvgIpc) is 2.78. The Balaban J connectivity index is 1.41. The van der Waals surface area contributed by atoms with E-state index in [0.29, 0.717) is 29.8 Å². The number of carbonyl (C=O) groups excluding carboxylic acids is 1. The third-order valence-corrected chi connectivity index (χ3v) is 5.79. The van der Waals surface area contributed by atoms with Crippen molar-refractivity contribution in [3.05, 3.63) is 71.0 Å². The topological polar surface area (TPSA) is 67.4 Å². The molecule has 1 aliphatic heterocycles. The molecule has 0 saturated carbocycles. The Kier molecular flexibility index (Phi) is 6.37. The Bertz CT molecular complexity index is 1080. The van der Waals surface area contributed by atoms with Crippen LogP contribution in [0.1, 0.15) is 24.0 Å². The number of ether oxygens (including phenoxy) is 1. The number of nitrogens with zero attached hydrogens (tertiary/aromatic N) is 3. The van der Waals surface area contributed by atoms with Gasteiger partial charge in [-0.15, -0.1) is 0 Å². The van der Waals surface area contributed by atoms with Crippen LogP contribution in [0.15, 0.2) is 54.9 Å². The molecule has 3 aromatic rings. The number of carbonyl (C=O) groups is 1. The standard InChI is InChI=1S/C24H25ClN4O2/c1-16-5-3-4-6-21(16)31-24-22(26-11-12-27-24)29-13-9-18(10-14-29)23(30)28-20-8-7-19(25)15-17(20)2/h3-8,11-12,15,18H,9-10,13-14H2,1-2H3,(H,28,30). The molecule has 2 aromatic carbocycles. The minimum atomic E-state index is -0.0521. The van der Waals surface area contributed by atoms with Gasteiger partial charge in [-0.25, -0.2) is 9.97 Å². The lowest BCUT2D eigenvalue weighted by atomic mass is 9.95. The molecule has 1 fully saturated rings. The van der Waals surface area contributed by atoms with Crippen molar-refractivity contribution in [1.29, 1.82) is 0 Å². The summed E-state index contributed by atoms with van der Waals surface area (Å²) in [6.07, 6.45) is 4.77. The lowest BCUT2D eigenvalue weighted by Crippen LogP contribution is -2.38. The maximum Gasteiger partial charge on any atom is 0.263 e. The van der Waals surface area contributed by atoms with Crippen molar-refractivity contribution < 1.29 is 9.53 Å². The fourth-order valence-electron chi connectivity index (χ4n) is 3.74. The highest BCUT2D eigenvalue weighted by molar-refractivity contribution is 6.30. The van der Waals surface area contributed by atoms with Gasteiger partial charge in [-0.1, -0.05) is 29.8 Å². The normalized spacial score (nSPS) is 14.4. The number of piperidine rings is 1. The summed E-state index contributed by atoms with van der Waals surface area (Å²) in [6, 6.07) is 13.3. The van der Waals surface area contributed by atoms with Gasteiger partial charge in [0.25, 0.3) is 5.88 Å². The molecule has 4 rings (SSSR count). The van der Waals surface area contributed by atoms with Crippen molar-refractivity contribution in [2.75, 3.05) is 23.3 Å². The van der Waals surface area contributed by atoms with Crippen LogP contribution in [0.2, 0.25) is 5.02 Å². The molecule has 1 N–H and O–H groups in total. The highest BCUT2D eigenvalue weighted by atomic mass is 35.5. The predicted octanol–water partition coefficient (Wildman–Crippen LogP) is 5.39. The summed E-state index contributed by atoms with van der Waals surface area (Å²) in [5, 5.41) is 3.71. The summed E-state index contributed by atoms with van der Waals surface area (Å²) < 4.78 is 6.06. The van der Waals surface area contributed by atoms with Crippen molar-refractivity contribution in [2.45, 2.75) is 26.7 Å². The lowest BCUT2D eigenvalue weighted by molar-refractivity contribution is -0.120. The van der Waals surface area contributed by atoms with Crippen molar-refractivity contribution in [3.8, 4) is 11.6 Å². The monoisotopic (exact) mass is 436 g/mol. The van der Waals surface area contributed by atoms with Crippen LogP contribution in [0, 0.1) is 19.8 Å². The second-order valence-corrected chi connectivity index (χ2v) is 8.20. The fraction of sp³-hybridized carbons (Fsp3) is 0.292. The van der Waals surface area contributed by atoms with Gasteiger partial charge in [0.2, 0.25) is 5.91 Å². The molecule has 1 aliphatic rings. The number of halogens is 1. The Morgan fingerprint density at radius 3 is 2.55 bits per heavy atom. The van der Waals surface area contributed by atoms with E-state index >= 15 is 0 Å². The van der Waals surface area contributed by atoms with Crippen molar-refractivity contribution in [2.24, 2.45) is 5.92 Å². The maximum atomic E-state index is 12.8. The molecular formula is C24H25ClN4O2. The van der Waals surface area contributed by atoms with E-state index in [9.17, 15) is 4.79 Å². The molecule has 1 aromatic heterocycles. The Hall–Kier alpha value is -3.12.